The van der Waals surface area contributed by atoms with E-state index in [4.69, 9.17) is 5.26 Å². The van der Waals surface area contributed by atoms with Gasteiger partial charge >= 0.3 is 0 Å². The highest BCUT2D eigenvalue weighted by molar-refractivity contribution is 7.11. The second kappa shape index (κ2) is 3.95. The highest BCUT2D eigenvalue weighted by Gasteiger charge is 1.98. The summed E-state index contributed by atoms with van der Waals surface area (Å²) in [5, 5.41) is 10.7. The monoisotopic (exact) mass is 163 g/mol. The Balaban J connectivity index is 2.91. The molecule has 11 heavy (non-hydrogen) atoms. The van der Waals surface area contributed by atoms with Gasteiger partial charge in [0.25, 0.3) is 0 Å². The first-order valence-corrected chi connectivity index (χ1v) is 4.40. The van der Waals surface area contributed by atoms with Crippen LogP contribution in [0.15, 0.2) is 23.6 Å². The van der Waals surface area contributed by atoms with E-state index in [-0.39, 0.29) is 0 Å². The van der Waals surface area contributed by atoms with E-state index in [2.05, 4.69) is 6.07 Å². The molecule has 0 aromatic carbocycles. The van der Waals surface area contributed by atoms with E-state index in [1.807, 2.05) is 30.5 Å². The van der Waals surface area contributed by atoms with Crippen molar-refractivity contribution in [3.05, 3.63) is 28.5 Å². The van der Waals surface area contributed by atoms with Gasteiger partial charge in [0.05, 0.1) is 5.57 Å². The predicted molar refractivity (Wildman–Crippen MR) is 48.2 cm³/mol. The normalized spacial score (nSPS) is 11.1. The number of thiophene rings is 1. The van der Waals surface area contributed by atoms with Crippen molar-refractivity contribution in [1.82, 2.24) is 0 Å². The number of nitrogens with zero attached hydrogens (tertiary/aromatic N) is 1. The summed E-state index contributed by atoms with van der Waals surface area (Å²) in [6, 6.07) is 6.10. The van der Waals surface area contributed by atoms with Gasteiger partial charge in [0, 0.05) is 4.88 Å². The zero-order valence-electron chi connectivity index (χ0n) is 6.37. The van der Waals surface area contributed by atoms with Gasteiger partial charge in [0.15, 0.2) is 0 Å². The Morgan fingerprint density at radius 2 is 2.64 bits per heavy atom. The van der Waals surface area contributed by atoms with Crippen LogP contribution in [0.25, 0.3) is 5.57 Å². The van der Waals surface area contributed by atoms with Crippen LogP contribution in [0.4, 0.5) is 0 Å². The standard InChI is InChI=1S/C9H9NS/c1-2-4-8(7-10)9-5-3-6-11-9/h3-6H,2H2,1H3/b8-4+. The lowest BCUT2D eigenvalue weighted by molar-refractivity contribution is 1.23. The summed E-state index contributed by atoms with van der Waals surface area (Å²) in [7, 11) is 0. The highest BCUT2D eigenvalue weighted by Crippen LogP contribution is 2.19. The minimum atomic E-state index is 0.794. The van der Waals surface area contributed by atoms with Gasteiger partial charge in [0.2, 0.25) is 0 Å². The zero-order chi connectivity index (χ0) is 8.10. The molecule has 0 aliphatic heterocycles. The van der Waals surface area contributed by atoms with Crippen molar-refractivity contribution in [3.63, 3.8) is 0 Å². The van der Waals surface area contributed by atoms with Crippen molar-refractivity contribution in [1.29, 1.82) is 5.26 Å². The number of allylic oxidation sites excluding steroid dienone is 2. The number of nitriles is 1. The average Bonchev–Trinajstić information content (AvgIpc) is 2.52. The zero-order valence-corrected chi connectivity index (χ0v) is 7.19. The van der Waals surface area contributed by atoms with Crippen molar-refractivity contribution in [3.8, 4) is 6.07 Å². The first kappa shape index (κ1) is 8.03. The molecule has 0 bridgehead atoms. The molecule has 56 valence electrons. The van der Waals surface area contributed by atoms with Crippen LogP contribution in [0.1, 0.15) is 18.2 Å². The molecule has 1 heterocycles. The van der Waals surface area contributed by atoms with Crippen LogP contribution >= 0.6 is 11.3 Å². The number of hydrogen-bond acceptors (Lipinski definition) is 2. The molecule has 1 rings (SSSR count). The van der Waals surface area contributed by atoms with Gasteiger partial charge in [0.1, 0.15) is 6.07 Å². The smallest absolute Gasteiger partial charge is 0.100 e. The second-order valence-electron chi connectivity index (χ2n) is 2.12. The molecule has 0 amide bonds. The number of rotatable bonds is 2. The maximum absolute atomic E-state index is 8.72. The molecule has 0 aliphatic rings. The van der Waals surface area contributed by atoms with E-state index in [0.717, 1.165) is 16.9 Å². The van der Waals surface area contributed by atoms with Crippen molar-refractivity contribution >= 4 is 16.9 Å². The van der Waals surface area contributed by atoms with Crippen molar-refractivity contribution in [2.24, 2.45) is 0 Å². The van der Waals surface area contributed by atoms with E-state index in [1.54, 1.807) is 11.3 Å². The van der Waals surface area contributed by atoms with Gasteiger partial charge in [-0.25, -0.2) is 0 Å². The lowest BCUT2D eigenvalue weighted by atomic mass is 10.2. The maximum Gasteiger partial charge on any atom is 0.100 e. The average molecular weight is 163 g/mol. The molecule has 1 nitrogen and oxygen atoms in total. The Labute approximate surface area is 70.6 Å². The Morgan fingerprint density at radius 1 is 1.82 bits per heavy atom. The van der Waals surface area contributed by atoms with Crippen molar-refractivity contribution in [2.75, 3.05) is 0 Å². The summed E-state index contributed by atoms with van der Waals surface area (Å²) < 4.78 is 0. The molecule has 1 aromatic rings. The first-order chi connectivity index (χ1) is 5.38. The van der Waals surface area contributed by atoms with Crippen molar-refractivity contribution in [2.45, 2.75) is 13.3 Å². The lowest BCUT2D eigenvalue weighted by Gasteiger charge is -1.89. The van der Waals surface area contributed by atoms with Crippen LogP contribution in [0, 0.1) is 11.3 Å². The fraction of sp³-hybridized carbons (Fsp3) is 0.222. The third-order valence-electron chi connectivity index (χ3n) is 1.32. The van der Waals surface area contributed by atoms with Crippen LogP contribution in [-0.4, -0.2) is 0 Å². The molecule has 2 heteroatoms. The topological polar surface area (TPSA) is 23.8 Å². The third-order valence-corrected chi connectivity index (χ3v) is 2.22. The van der Waals surface area contributed by atoms with Crippen LogP contribution in [-0.2, 0) is 0 Å². The molecule has 0 fully saturated rings. The summed E-state index contributed by atoms with van der Waals surface area (Å²) in [5.74, 6) is 0. The highest BCUT2D eigenvalue weighted by atomic mass is 32.1. The molecular formula is C9H9NS. The molecule has 0 saturated heterocycles. The Bertz CT molecular complexity index is 277. The Hall–Kier alpha value is -1.07. The molecule has 0 unspecified atom stereocenters. The Morgan fingerprint density at radius 3 is 3.09 bits per heavy atom. The third kappa shape index (κ3) is 1.92. The molecular weight excluding hydrogens is 154 g/mol. The minimum absolute atomic E-state index is 0.794. The van der Waals surface area contributed by atoms with Gasteiger partial charge in [-0.3, -0.25) is 0 Å². The fourth-order valence-corrected chi connectivity index (χ4v) is 1.55. The van der Waals surface area contributed by atoms with E-state index >= 15 is 0 Å². The first-order valence-electron chi connectivity index (χ1n) is 3.52. The van der Waals surface area contributed by atoms with Crippen LogP contribution in [0.3, 0.4) is 0 Å². The van der Waals surface area contributed by atoms with Crippen molar-refractivity contribution < 1.29 is 0 Å². The van der Waals surface area contributed by atoms with Crippen LogP contribution in [0.5, 0.6) is 0 Å². The van der Waals surface area contributed by atoms with Gasteiger partial charge in [-0.15, -0.1) is 11.3 Å². The van der Waals surface area contributed by atoms with E-state index in [0.29, 0.717) is 0 Å². The predicted octanol–water partition coefficient (Wildman–Crippen LogP) is 3.07. The van der Waals surface area contributed by atoms with E-state index < -0.39 is 0 Å². The minimum Gasteiger partial charge on any atom is -0.192 e. The summed E-state index contributed by atoms with van der Waals surface area (Å²) in [6.07, 6.45) is 2.87. The van der Waals surface area contributed by atoms with E-state index in [9.17, 15) is 0 Å². The summed E-state index contributed by atoms with van der Waals surface area (Å²) in [5.41, 5.74) is 0.794. The van der Waals surface area contributed by atoms with Gasteiger partial charge in [-0.1, -0.05) is 19.1 Å². The van der Waals surface area contributed by atoms with E-state index in [1.165, 1.54) is 0 Å². The summed E-state index contributed by atoms with van der Waals surface area (Å²) in [4.78, 5) is 1.06. The summed E-state index contributed by atoms with van der Waals surface area (Å²) in [6.45, 7) is 2.03. The molecule has 0 N–H and O–H groups in total. The number of hydrogen-bond donors (Lipinski definition) is 0. The molecule has 0 radical (unpaired) electrons. The SMILES string of the molecule is CC/C=C(\C#N)c1cccs1. The molecule has 0 aliphatic carbocycles. The van der Waals surface area contributed by atoms with Gasteiger partial charge < -0.3 is 0 Å². The summed E-state index contributed by atoms with van der Waals surface area (Å²) >= 11 is 1.60. The largest absolute Gasteiger partial charge is 0.192 e. The van der Waals surface area contributed by atoms with Gasteiger partial charge in [-0.2, -0.15) is 5.26 Å². The van der Waals surface area contributed by atoms with Crippen LogP contribution in [0.2, 0.25) is 0 Å². The fourth-order valence-electron chi connectivity index (χ4n) is 0.837. The Kier molecular flexibility index (Phi) is 2.88. The quantitative estimate of drug-likeness (QED) is 0.615. The maximum atomic E-state index is 8.72. The van der Waals surface area contributed by atoms with Gasteiger partial charge in [-0.05, 0) is 17.9 Å². The second-order valence-corrected chi connectivity index (χ2v) is 3.06. The molecule has 0 atom stereocenters. The van der Waals surface area contributed by atoms with Crippen LogP contribution < -0.4 is 0 Å². The lowest BCUT2D eigenvalue weighted by Crippen LogP contribution is -1.72. The molecule has 1 aromatic heterocycles. The molecule has 0 saturated carbocycles. The molecule has 0 spiro atoms.